The molecular weight excluding hydrogens is 170 g/mol. The number of hydrogen-bond acceptors (Lipinski definition) is 3. The van der Waals surface area contributed by atoms with E-state index in [1.807, 2.05) is 0 Å². The lowest BCUT2D eigenvalue weighted by Crippen LogP contribution is -2.70. The zero-order chi connectivity index (χ0) is 9.10. The number of hydrogen-bond donors (Lipinski definition) is 3. The molecule has 70 valence electrons. The van der Waals surface area contributed by atoms with Crippen LogP contribution in [0, 0.1) is 5.41 Å². The summed E-state index contributed by atoms with van der Waals surface area (Å²) in [6, 6.07) is 0. The van der Waals surface area contributed by atoms with Crippen LogP contribution in [0.2, 0.25) is 0 Å². The lowest BCUT2D eigenvalue weighted by Gasteiger charge is -2.41. The Hall–Kier alpha value is -1.10. The van der Waals surface area contributed by atoms with Crippen molar-refractivity contribution in [3.63, 3.8) is 0 Å². The summed E-state index contributed by atoms with van der Waals surface area (Å²) >= 11 is 0. The summed E-state index contributed by atoms with van der Waals surface area (Å²) < 4.78 is 0. The van der Waals surface area contributed by atoms with E-state index in [9.17, 15) is 9.59 Å². The van der Waals surface area contributed by atoms with Crippen LogP contribution in [0.15, 0.2) is 0 Å². The van der Waals surface area contributed by atoms with Crippen LogP contribution in [0.4, 0.5) is 0 Å². The van der Waals surface area contributed by atoms with Gasteiger partial charge in [0.15, 0.2) is 0 Å². The standard InChI is InChI=1S/C8H11N3O2/c12-5-7(2-9-5)1-8(11-3-7)4-10-6(8)13/h11H,1-4H2,(H,9,12)(H,10,13). The van der Waals surface area contributed by atoms with Crippen molar-refractivity contribution in [3.05, 3.63) is 0 Å². The van der Waals surface area contributed by atoms with Gasteiger partial charge in [-0.05, 0) is 6.42 Å². The van der Waals surface area contributed by atoms with Gasteiger partial charge in [-0.2, -0.15) is 0 Å². The molecule has 3 heterocycles. The molecule has 0 saturated carbocycles. The van der Waals surface area contributed by atoms with Crippen molar-refractivity contribution in [2.24, 2.45) is 5.41 Å². The van der Waals surface area contributed by atoms with Gasteiger partial charge in [0.25, 0.3) is 0 Å². The normalized spacial score (nSPS) is 47.1. The summed E-state index contributed by atoms with van der Waals surface area (Å²) in [5.74, 6) is 0.139. The van der Waals surface area contributed by atoms with Gasteiger partial charge in [0.2, 0.25) is 11.8 Å². The predicted molar refractivity (Wildman–Crippen MR) is 43.8 cm³/mol. The second-order valence-electron chi connectivity index (χ2n) is 4.26. The third kappa shape index (κ3) is 0.670. The lowest BCUT2D eigenvalue weighted by molar-refractivity contribution is -0.140. The molecule has 2 amide bonds. The van der Waals surface area contributed by atoms with Crippen molar-refractivity contribution in [1.82, 2.24) is 16.0 Å². The Morgan fingerprint density at radius 3 is 2.00 bits per heavy atom. The number of nitrogens with one attached hydrogen (secondary N) is 3. The van der Waals surface area contributed by atoms with Crippen LogP contribution in [0.1, 0.15) is 6.42 Å². The Kier molecular flexibility index (Phi) is 1.05. The van der Waals surface area contributed by atoms with Crippen LogP contribution in [0.3, 0.4) is 0 Å². The minimum atomic E-state index is -0.419. The van der Waals surface area contributed by atoms with Crippen LogP contribution < -0.4 is 16.0 Å². The Morgan fingerprint density at radius 2 is 1.77 bits per heavy atom. The molecule has 2 unspecified atom stereocenters. The SMILES string of the molecule is O=C1NCC12CNC1(CNC1=O)C2. The molecular formula is C8H11N3O2. The monoisotopic (exact) mass is 181 g/mol. The number of β-lactam (4-membered cyclic amide) rings is 2. The number of rotatable bonds is 0. The van der Waals surface area contributed by atoms with Crippen LogP contribution in [-0.4, -0.2) is 37.0 Å². The molecule has 0 aromatic rings. The summed E-state index contributed by atoms with van der Waals surface area (Å²) in [6.07, 6.45) is 0.664. The van der Waals surface area contributed by atoms with Crippen LogP contribution in [0.25, 0.3) is 0 Å². The molecule has 3 rings (SSSR count). The Labute approximate surface area is 75.2 Å². The molecule has 0 aromatic heterocycles. The Balaban J connectivity index is 1.85. The maximum Gasteiger partial charge on any atom is 0.242 e. The van der Waals surface area contributed by atoms with E-state index in [4.69, 9.17) is 0 Å². The van der Waals surface area contributed by atoms with Gasteiger partial charge in [-0.25, -0.2) is 0 Å². The Bertz CT molecular complexity index is 287. The molecule has 0 bridgehead atoms. The molecule has 5 nitrogen and oxygen atoms in total. The maximum atomic E-state index is 11.3. The van der Waals surface area contributed by atoms with E-state index in [0.717, 1.165) is 0 Å². The summed E-state index contributed by atoms with van der Waals surface area (Å²) in [6.45, 7) is 2.03. The van der Waals surface area contributed by atoms with E-state index in [1.165, 1.54) is 0 Å². The van der Waals surface area contributed by atoms with E-state index in [2.05, 4.69) is 16.0 Å². The fraction of sp³-hybridized carbons (Fsp3) is 0.750. The van der Waals surface area contributed by atoms with Crippen molar-refractivity contribution in [1.29, 1.82) is 0 Å². The predicted octanol–water partition coefficient (Wildman–Crippen LogP) is -2.04. The van der Waals surface area contributed by atoms with Crippen molar-refractivity contribution >= 4 is 11.8 Å². The summed E-state index contributed by atoms with van der Waals surface area (Å²) in [7, 11) is 0. The van der Waals surface area contributed by atoms with Crippen LogP contribution in [-0.2, 0) is 9.59 Å². The molecule has 13 heavy (non-hydrogen) atoms. The van der Waals surface area contributed by atoms with Gasteiger partial charge in [-0.1, -0.05) is 0 Å². The first-order chi connectivity index (χ1) is 6.17. The second-order valence-corrected chi connectivity index (χ2v) is 4.26. The van der Waals surface area contributed by atoms with E-state index >= 15 is 0 Å². The highest BCUT2D eigenvalue weighted by Gasteiger charge is 2.62. The fourth-order valence-corrected chi connectivity index (χ4v) is 2.40. The van der Waals surface area contributed by atoms with Gasteiger partial charge >= 0.3 is 0 Å². The van der Waals surface area contributed by atoms with Crippen LogP contribution in [0.5, 0.6) is 0 Å². The third-order valence-electron chi connectivity index (χ3n) is 3.46. The minimum Gasteiger partial charge on any atom is -0.354 e. The molecule has 3 saturated heterocycles. The highest BCUT2D eigenvalue weighted by atomic mass is 16.2. The van der Waals surface area contributed by atoms with Crippen molar-refractivity contribution < 1.29 is 9.59 Å². The topological polar surface area (TPSA) is 70.2 Å². The number of carbonyl (C=O) groups excluding carboxylic acids is 2. The first kappa shape index (κ1) is 7.32. The maximum absolute atomic E-state index is 11.3. The molecule has 2 atom stereocenters. The second kappa shape index (κ2) is 1.87. The average Bonchev–Trinajstić information content (AvgIpc) is 2.58. The minimum absolute atomic E-state index is 0.0454. The van der Waals surface area contributed by atoms with Crippen molar-refractivity contribution in [2.75, 3.05) is 19.6 Å². The highest BCUT2D eigenvalue weighted by molar-refractivity contribution is 5.97. The Morgan fingerprint density at radius 1 is 1.00 bits per heavy atom. The number of amides is 2. The number of carbonyl (C=O) groups is 2. The third-order valence-corrected chi connectivity index (χ3v) is 3.46. The van der Waals surface area contributed by atoms with E-state index < -0.39 is 5.54 Å². The van der Waals surface area contributed by atoms with Gasteiger partial charge in [-0.3, -0.25) is 9.59 Å². The highest BCUT2D eigenvalue weighted by Crippen LogP contribution is 2.41. The quantitative estimate of drug-likeness (QED) is 0.377. The molecule has 3 aliphatic rings. The molecule has 0 aliphatic carbocycles. The molecule has 0 radical (unpaired) electrons. The van der Waals surface area contributed by atoms with Gasteiger partial charge in [0, 0.05) is 19.6 Å². The largest absolute Gasteiger partial charge is 0.354 e. The summed E-state index contributed by atoms with van der Waals surface area (Å²) in [5.41, 5.74) is -0.699. The van der Waals surface area contributed by atoms with Gasteiger partial charge in [0.1, 0.15) is 5.54 Å². The van der Waals surface area contributed by atoms with Crippen LogP contribution >= 0.6 is 0 Å². The molecule has 3 fully saturated rings. The van der Waals surface area contributed by atoms with Crippen molar-refractivity contribution in [2.45, 2.75) is 12.0 Å². The average molecular weight is 181 g/mol. The molecule has 0 aromatic carbocycles. The fourth-order valence-electron chi connectivity index (χ4n) is 2.40. The van der Waals surface area contributed by atoms with Gasteiger partial charge in [0.05, 0.1) is 5.41 Å². The van der Waals surface area contributed by atoms with Gasteiger partial charge in [-0.15, -0.1) is 0 Å². The summed E-state index contributed by atoms with van der Waals surface area (Å²) in [5, 5.41) is 8.61. The summed E-state index contributed by atoms with van der Waals surface area (Å²) in [4.78, 5) is 22.6. The van der Waals surface area contributed by atoms with E-state index in [0.29, 0.717) is 26.1 Å². The molecule has 3 aliphatic heterocycles. The zero-order valence-electron chi connectivity index (χ0n) is 7.14. The van der Waals surface area contributed by atoms with E-state index in [1.54, 1.807) is 0 Å². The first-order valence-electron chi connectivity index (χ1n) is 4.49. The molecule has 2 spiro atoms. The van der Waals surface area contributed by atoms with Crippen molar-refractivity contribution in [3.8, 4) is 0 Å². The molecule has 5 heteroatoms. The van der Waals surface area contributed by atoms with Gasteiger partial charge < -0.3 is 16.0 Å². The smallest absolute Gasteiger partial charge is 0.242 e. The molecule has 3 N–H and O–H groups in total. The first-order valence-corrected chi connectivity index (χ1v) is 4.49. The zero-order valence-corrected chi connectivity index (χ0v) is 7.14. The van der Waals surface area contributed by atoms with E-state index in [-0.39, 0.29) is 17.2 Å². The lowest BCUT2D eigenvalue weighted by atomic mass is 9.73.